The van der Waals surface area contributed by atoms with E-state index in [4.69, 9.17) is 16.6 Å². The summed E-state index contributed by atoms with van der Waals surface area (Å²) >= 11 is 6.14. The van der Waals surface area contributed by atoms with E-state index in [0.717, 1.165) is 33.6 Å². The van der Waals surface area contributed by atoms with Gasteiger partial charge in [0, 0.05) is 23.2 Å². The maximum Gasteiger partial charge on any atom is 0.196 e. The summed E-state index contributed by atoms with van der Waals surface area (Å²) in [5, 5.41) is 4.29. The van der Waals surface area contributed by atoms with Crippen molar-refractivity contribution in [1.29, 1.82) is 0 Å². The number of aldehydes is 1. The van der Waals surface area contributed by atoms with Crippen LogP contribution >= 0.6 is 11.6 Å². The third-order valence-corrected chi connectivity index (χ3v) is 7.09. The second-order valence-electron chi connectivity index (χ2n) is 9.31. The van der Waals surface area contributed by atoms with E-state index >= 15 is 0 Å². The Hall–Kier alpha value is -3.25. The third-order valence-electron chi connectivity index (χ3n) is 6.83. The molecule has 0 spiro atoms. The zero-order valence-corrected chi connectivity index (χ0v) is 20.4. The molecule has 34 heavy (non-hydrogen) atoms. The quantitative estimate of drug-likeness (QED) is 0.322. The summed E-state index contributed by atoms with van der Waals surface area (Å²) in [7, 11) is 0. The van der Waals surface area contributed by atoms with Gasteiger partial charge < -0.3 is 9.88 Å². The number of halogens is 1. The average Bonchev–Trinajstić information content (AvgIpc) is 3.13. The highest BCUT2D eigenvalue weighted by Crippen LogP contribution is 2.34. The van der Waals surface area contributed by atoms with E-state index in [9.17, 15) is 4.79 Å². The molecule has 0 aliphatic heterocycles. The van der Waals surface area contributed by atoms with E-state index in [1.54, 1.807) is 0 Å². The summed E-state index contributed by atoms with van der Waals surface area (Å²) in [6.07, 6.45) is 4.37. The van der Waals surface area contributed by atoms with Gasteiger partial charge in [0.15, 0.2) is 23.6 Å². The first-order valence-electron chi connectivity index (χ1n) is 11.7. The molecule has 5 rings (SSSR count). The molecule has 7 heteroatoms. The molecule has 0 saturated heterocycles. The zero-order valence-electron chi connectivity index (χ0n) is 19.7. The fourth-order valence-electron chi connectivity index (χ4n) is 4.59. The number of fused-ring (bicyclic) bond motifs is 1. The van der Waals surface area contributed by atoms with Gasteiger partial charge in [-0.15, -0.1) is 0 Å². The molecule has 1 atom stereocenters. The van der Waals surface area contributed by atoms with E-state index in [1.807, 2.05) is 24.3 Å². The largest absolute Gasteiger partial charge is 0.365 e. The minimum absolute atomic E-state index is 0.138. The number of benzene rings is 2. The van der Waals surface area contributed by atoms with Gasteiger partial charge in [-0.25, -0.2) is 15.0 Å². The first-order chi connectivity index (χ1) is 16.4. The van der Waals surface area contributed by atoms with Crippen molar-refractivity contribution in [3.63, 3.8) is 0 Å². The summed E-state index contributed by atoms with van der Waals surface area (Å²) in [5.41, 5.74) is 5.74. The van der Waals surface area contributed by atoms with Crippen LogP contribution in [0.5, 0.6) is 0 Å². The Morgan fingerprint density at radius 1 is 1.12 bits per heavy atom. The minimum atomic E-state index is 0.138. The number of aromatic nitrogens is 4. The van der Waals surface area contributed by atoms with Crippen molar-refractivity contribution in [1.82, 2.24) is 19.5 Å². The lowest BCUT2D eigenvalue weighted by Crippen LogP contribution is -2.31. The molecule has 1 fully saturated rings. The smallest absolute Gasteiger partial charge is 0.196 e. The van der Waals surface area contributed by atoms with Gasteiger partial charge >= 0.3 is 0 Å². The molecular weight excluding hydrogens is 446 g/mol. The lowest BCUT2D eigenvalue weighted by atomic mass is 9.80. The minimum Gasteiger partial charge on any atom is -0.365 e. The van der Waals surface area contributed by atoms with E-state index in [0.29, 0.717) is 35.2 Å². The molecular formula is C27H28ClN5O. The van der Waals surface area contributed by atoms with Gasteiger partial charge in [0.25, 0.3) is 0 Å². The Bertz CT molecular complexity index is 1360. The normalized spacial score (nSPS) is 14.7. The van der Waals surface area contributed by atoms with Crippen LogP contribution in [0.15, 0.2) is 42.5 Å². The second kappa shape index (κ2) is 9.18. The molecule has 6 nitrogen and oxygen atoms in total. The molecule has 0 amide bonds. The molecule has 0 bridgehead atoms. The number of anilines is 1. The zero-order chi connectivity index (χ0) is 23.8. The van der Waals surface area contributed by atoms with E-state index in [1.165, 1.54) is 19.3 Å². The van der Waals surface area contributed by atoms with Crippen LogP contribution in [0.2, 0.25) is 5.02 Å². The van der Waals surface area contributed by atoms with Crippen molar-refractivity contribution in [3.05, 3.63) is 70.0 Å². The highest BCUT2D eigenvalue weighted by molar-refractivity contribution is 6.30. The van der Waals surface area contributed by atoms with Crippen molar-refractivity contribution in [2.24, 2.45) is 5.92 Å². The Balaban J connectivity index is 1.72. The summed E-state index contributed by atoms with van der Waals surface area (Å²) in [5.74, 6) is 2.21. The van der Waals surface area contributed by atoms with Crippen molar-refractivity contribution in [2.75, 3.05) is 5.32 Å². The molecule has 4 aromatic rings. The van der Waals surface area contributed by atoms with Gasteiger partial charge in [0.05, 0.1) is 0 Å². The average molecular weight is 474 g/mol. The number of carbonyl (C=O) groups is 1. The molecule has 2 heterocycles. The molecule has 1 N–H and O–H groups in total. The summed E-state index contributed by atoms with van der Waals surface area (Å²) in [6.45, 7) is 6.92. The Kier molecular flexibility index (Phi) is 6.09. The van der Waals surface area contributed by atoms with E-state index < -0.39 is 0 Å². The maximum atomic E-state index is 11.7. The number of aryl methyl sites for hydroxylation is 2. The Morgan fingerprint density at radius 3 is 2.56 bits per heavy atom. The van der Waals surface area contributed by atoms with Gasteiger partial charge in [-0.05, 0) is 68.9 Å². The highest BCUT2D eigenvalue weighted by Gasteiger charge is 2.27. The van der Waals surface area contributed by atoms with Crippen molar-refractivity contribution in [2.45, 2.75) is 52.6 Å². The predicted octanol–water partition coefficient (Wildman–Crippen LogP) is 6.22. The van der Waals surface area contributed by atoms with E-state index in [2.05, 4.69) is 58.8 Å². The first-order valence-corrected chi connectivity index (χ1v) is 12.1. The number of imidazole rings is 1. The molecule has 0 radical (unpaired) electrons. The lowest BCUT2D eigenvalue weighted by Gasteiger charge is -2.32. The lowest BCUT2D eigenvalue weighted by molar-refractivity contribution is 0.111. The topological polar surface area (TPSA) is 72.7 Å². The standard InChI is InChI=1S/C27H28ClN5O/c1-16-7-8-17(2)22(13-16)27-32-26-24(33(27)14-19-9-11-21(28)12-10-19)25(30-23(15-34)31-26)29-18(3)20-5-4-6-20/h7-13,15,18,20H,4-6,14H2,1-3H3,(H,29,30,31)/t18-/m1/s1. The predicted molar refractivity (Wildman–Crippen MR) is 137 cm³/mol. The summed E-state index contributed by atoms with van der Waals surface area (Å²) in [6, 6.07) is 14.4. The molecule has 1 aliphatic rings. The van der Waals surface area contributed by atoms with E-state index in [-0.39, 0.29) is 11.9 Å². The van der Waals surface area contributed by atoms with Gasteiger partial charge in [-0.3, -0.25) is 4.79 Å². The van der Waals surface area contributed by atoms with Crippen LogP contribution < -0.4 is 5.32 Å². The van der Waals surface area contributed by atoms with Crippen LogP contribution in [-0.4, -0.2) is 31.8 Å². The molecule has 2 aromatic carbocycles. The fourth-order valence-corrected chi connectivity index (χ4v) is 4.71. The number of hydrogen-bond acceptors (Lipinski definition) is 5. The fraction of sp³-hybridized carbons (Fsp3) is 0.333. The number of nitrogens with zero attached hydrogens (tertiary/aromatic N) is 4. The van der Waals surface area contributed by atoms with Crippen LogP contribution in [0.25, 0.3) is 22.6 Å². The molecule has 174 valence electrons. The van der Waals surface area contributed by atoms with Gasteiger partial charge in [-0.1, -0.05) is 47.9 Å². The van der Waals surface area contributed by atoms with Crippen molar-refractivity contribution >= 4 is 34.9 Å². The Morgan fingerprint density at radius 2 is 1.88 bits per heavy atom. The van der Waals surface area contributed by atoms with Crippen LogP contribution in [-0.2, 0) is 6.54 Å². The highest BCUT2D eigenvalue weighted by atomic mass is 35.5. The molecule has 1 saturated carbocycles. The van der Waals surface area contributed by atoms with Gasteiger partial charge in [-0.2, -0.15) is 0 Å². The van der Waals surface area contributed by atoms with Crippen LogP contribution in [0, 0.1) is 19.8 Å². The number of hydrogen-bond donors (Lipinski definition) is 1. The van der Waals surface area contributed by atoms with Crippen molar-refractivity contribution in [3.8, 4) is 11.4 Å². The van der Waals surface area contributed by atoms with Crippen LogP contribution in [0.1, 0.15) is 53.5 Å². The molecule has 0 unspecified atom stereocenters. The van der Waals surface area contributed by atoms with Crippen LogP contribution in [0.3, 0.4) is 0 Å². The van der Waals surface area contributed by atoms with Gasteiger partial charge in [0.2, 0.25) is 0 Å². The first kappa shape index (κ1) is 22.5. The van der Waals surface area contributed by atoms with Crippen LogP contribution in [0.4, 0.5) is 5.82 Å². The number of nitrogens with one attached hydrogen (secondary N) is 1. The molecule has 1 aliphatic carbocycles. The van der Waals surface area contributed by atoms with Gasteiger partial charge in [0.1, 0.15) is 11.3 Å². The number of rotatable bonds is 7. The van der Waals surface area contributed by atoms with Crippen molar-refractivity contribution < 1.29 is 4.79 Å². The molecule has 2 aromatic heterocycles. The summed E-state index contributed by atoms with van der Waals surface area (Å²) < 4.78 is 2.16. The second-order valence-corrected chi connectivity index (χ2v) is 9.75. The maximum absolute atomic E-state index is 11.7. The monoisotopic (exact) mass is 473 g/mol. The summed E-state index contributed by atoms with van der Waals surface area (Å²) in [4.78, 5) is 25.7. The third kappa shape index (κ3) is 4.30. The number of carbonyl (C=O) groups excluding carboxylic acids is 1. The SMILES string of the molecule is Cc1ccc(C)c(-c2nc3nc(C=O)nc(N[C@H](C)C4CCC4)c3n2Cc2ccc(Cl)cc2)c1. The Labute approximate surface area is 204 Å².